The lowest BCUT2D eigenvalue weighted by Crippen LogP contribution is -2.33. The van der Waals surface area contributed by atoms with Crippen LogP contribution in [0.3, 0.4) is 0 Å². The fourth-order valence-corrected chi connectivity index (χ4v) is 4.99. The summed E-state index contributed by atoms with van der Waals surface area (Å²) in [5, 5.41) is 13.2. The number of aromatic nitrogens is 2. The molecule has 1 aliphatic carbocycles. The Bertz CT molecular complexity index is 1200. The average Bonchev–Trinajstić information content (AvgIpc) is 3.17. The molecule has 0 saturated carbocycles. The van der Waals surface area contributed by atoms with Crippen molar-refractivity contribution in [3.05, 3.63) is 71.5 Å². The first-order valence-electron chi connectivity index (χ1n) is 10.1. The average molecular weight is 479 g/mol. The minimum absolute atomic E-state index is 0.0332. The summed E-state index contributed by atoms with van der Waals surface area (Å²) in [6.07, 6.45) is -1.78. The van der Waals surface area contributed by atoms with Gasteiger partial charge < -0.3 is 5.11 Å². The third kappa shape index (κ3) is 4.64. The van der Waals surface area contributed by atoms with Gasteiger partial charge in [0, 0.05) is 11.3 Å². The lowest BCUT2D eigenvalue weighted by atomic mass is 9.92. The summed E-state index contributed by atoms with van der Waals surface area (Å²) in [7, 11) is 0. The highest BCUT2D eigenvalue weighted by atomic mass is 32.2. The molecule has 0 spiro atoms. The minimum atomic E-state index is -4.69. The molecule has 0 saturated heterocycles. The van der Waals surface area contributed by atoms with Crippen LogP contribution in [0.15, 0.2) is 54.7 Å². The Hall–Kier alpha value is -3.18. The summed E-state index contributed by atoms with van der Waals surface area (Å²) < 4.78 is 66.6. The monoisotopic (exact) mass is 479 g/mol. The number of halogens is 3. The van der Waals surface area contributed by atoms with Gasteiger partial charge in [0.2, 0.25) is 0 Å². The van der Waals surface area contributed by atoms with Crippen LogP contribution >= 0.6 is 0 Å². The van der Waals surface area contributed by atoms with Gasteiger partial charge in [-0.15, -0.1) is 0 Å². The standard InChI is InChI=1S/C22H20F3N3O4S/c23-22(24,25)18-11-15(9-10-16(18)14-5-2-1-3-6-14)28(33(31)32)20-8-4-7-19-17(20)12-26-27(19)13-21(29)30/h1-3,5-6,9-12,20H,4,7-8,13H2,(H,29,30)(H,31,32). The van der Waals surface area contributed by atoms with E-state index >= 15 is 0 Å². The number of carbonyl (C=O) groups is 1. The molecule has 1 heterocycles. The molecule has 3 aromatic rings. The molecule has 0 amide bonds. The maximum absolute atomic E-state index is 14.0. The summed E-state index contributed by atoms with van der Waals surface area (Å²) >= 11 is -2.63. The molecule has 2 atom stereocenters. The fraction of sp³-hybridized carbons (Fsp3) is 0.273. The Morgan fingerprint density at radius 1 is 1.21 bits per heavy atom. The van der Waals surface area contributed by atoms with Crippen molar-refractivity contribution in [3.8, 4) is 11.1 Å². The van der Waals surface area contributed by atoms with Crippen molar-refractivity contribution >= 4 is 22.9 Å². The number of aliphatic carboxylic acids is 1. The Labute approximate surface area is 189 Å². The van der Waals surface area contributed by atoms with E-state index in [1.54, 1.807) is 30.3 Å². The molecular weight excluding hydrogens is 459 g/mol. The van der Waals surface area contributed by atoms with Gasteiger partial charge in [-0.3, -0.25) is 18.3 Å². The maximum atomic E-state index is 14.0. The van der Waals surface area contributed by atoms with E-state index in [1.807, 2.05) is 0 Å². The first-order valence-corrected chi connectivity index (χ1v) is 11.2. The van der Waals surface area contributed by atoms with Gasteiger partial charge in [-0.05, 0) is 42.5 Å². The Kier molecular flexibility index (Phi) is 6.26. The van der Waals surface area contributed by atoms with E-state index in [9.17, 15) is 26.7 Å². The van der Waals surface area contributed by atoms with Crippen LogP contribution in [-0.4, -0.2) is 29.6 Å². The second-order valence-corrected chi connectivity index (χ2v) is 8.51. The molecule has 174 valence electrons. The number of carboxylic acid groups (broad SMARTS) is 1. The molecule has 4 rings (SSSR count). The van der Waals surface area contributed by atoms with Gasteiger partial charge in [-0.1, -0.05) is 36.4 Å². The number of carboxylic acids is 1. The highest BCUT2D eigenvalue weighted by Crippen LogP contribution is 2.43. The molecule has 11 heteroatoms. The lowest BCUT2D eigenvalue weighted by Gasteiger charge is -2.33. The van der Waals surface area contributed by atoms with Gasteiger partial charge in [0.1, 0.15) is 6.54 Å². The van der Waals surface area contributed by atoms with E-state index in [4.69, 9.17) is 5.11 Å². The smallest absolute Gasteiger partial charge is 0.417 e. The van der Waals surface area contributed by atoms with E-state index in [2.05, 4.69) is 5.10 Å². The summed E-state index contributed by atoms with van der Waals surface area (Å²) in [6, 6.07) is 10.9. The van der Waals surface area contributed by atoms with Crippen molar-refractivity contribution in [1.82, 2.24) is 9.78 Å². The molecule has 7 nitrogen and oxygen atoms in total. The Morgan fingerprint density at radius 2 is 1.94 bits per heavy atom. The highest BCUT2D eigenvalue weighted by Gasteiger charge is 2.37. The molecular formula is C22H20F3N3O4S. The number of alkyl halides is 3. The summed E-state index contributed by atoms with van der Waals surface area (Å²) in [6.45, 7) is -0.367. The van der Waals surface area contributed by atoms with Crippen molar-refractivity contribution in [2.24, 2.45) is 0 Å². The molecule has 0 fully saturated rings. The zero-order valence-electron chi connectivity index (χ0n) is 17.2. The number of hydrogen-bond donors (Lipinski definition) is 2. The topological polar surface area (TPSA) is 95.7 Å². The molecule has 1 aromatic heterocycles. The second-order valence-electron chi connectivity index (χ2n) is 7.66. The van der Waals surface area contributed by atoms with E-state index < -0.39 is 35.0 Å². The molecule has 1 aliphatic rings. The van der Waals surface area contributed by atoms with Gasteiger partial charge in [0.05, 0.1) is 23.5 Å². The van der Waals surface area contributed by atoms with E-state index in [-0.39, 0.29) is 17.8 Å². The largest absolute Gasteiger partial charge is 0.480 e. The van der Waals surface area contributed by atoms with Gasteiger partial charge >= 0.3 is 12.1 Å². The van der Waals surface area contributed by atoms with Crippen LogP contribution in [0.1, 0.15) is 35.7 Å². The van der Waals surface area contributed by atoms with E-state index in [0.717, 1.165) is 10.4 Å². The van der Waals surface area contributed by atoms with Crippen molar-refractivity contribution < 1.29 is 31.8 Å². The molecule has 33 heavy (non-hydrogen) atoms. The van der Waals surface area contributed by atoms with Crippen LogP contribution in [0.25, 0.3) is 11.1 Å². The molecule has 2 aromatic carbocycles. The Morgan fingerprint density at radius 3 is 2.58 bits per heavy atom. The number of nitrogens with zero attached hydrogens (tertiary/aromatic N) is 3. The number of hydrogen-bond acceptors (Lipinski definition) is 3. The lowest BCUT2D eigenvalue weighted by molar-refractivity contribution is -0.138. The van der Waals surface area contributed by atoms with E-state index in [0.29, 0.717) is 36.1 Å². The van der Waals surface area contributed by atoms with Crippen LogP contribution in [-0.2, 0) is 35.2 Å². The van der Waals surface area contributed by atoms with Gasteiger partial charge in [0.25, 0.3) is 11.3 Å². The zero-order valence-corrected chi connectivity index (χ0v) is 18.0. The number of fused-ring (bicyclic) bond motifs is 1. The van der Waals surface area contributed by atoms with Crippen LogP contribution in [0.2, 0.25) is 0 Å². The van der Waals surface area contributed by atoms with Gasteiger partial charge in [0.15, 0.2) is 0 Å². The third-order valence-corrected chi connectivity index (χ3v) is 6.42. The quantitative estimate of drug-likeness (QED) is 0.501. The van der Waals surface area contributed by atoms with Crippen LogP contribution < -0.4 is 4.31 Å². The van der Waals surface area contributed by atoms with Gasteiger partial charge in [-0.25, -0.2) is 4.21 Å². The predicted molar refractivity (Wildman–Crippen MR) is 116 cm³/mol. The van der Waals surface area contributed by atoms with Crippen molar-refractivity contribution in [1.29, 1.82) is 0 Å². The van der Waals surface area contributed by atoms with Crippen molar-refractivity contribution in [2.45, 2.75) is 38.0 Å². The van der Waals surface area contributed by atoms with Crippen molar-refractivity contribution in [2.75, 3.05) is 4.31 Å². The fourth-order valence-electron chi connectivity index (χ4n) is 4.26. The van der Waals surface area contributed by atoms with Crippen LogP contribution in [0.4, 0.5) is 18.9 Å². The molecule has 0 radical (unpaired) electrons. The molecule has 2 unspecified atom stereocenters. The number of anilines is 1. The second kappa shape index (κ2) is 8.99. The SMILES string of the molecule is O=C(O)Cn1ncc2c1CCCC2N(c1ccc(-c2ccccc2)c(C(F)(F)F)c1)S(=O)O. The summed E-state index contributed by atoms with van der Waals surface area (Å²) in [5.74, 6) is -1.09. The summed E-state index contributed by atoms with van der Waals surface area (Å²) in [4.78, 5) is 11.1. The predicted octanol–water partition coefficient (Wildman–Crippen LogP) is 4.67. The molecule has 2 N–H and O–H groups in total. The van der Waals surface area contributed by atoms with Crippen molar-refractivity contribution in [3.63, 3.8) is 0 Å². The number of benzene rings is 2. The van der Waals surface area contributed by atoms with E-state index in [1.165, 1.54) is 23.0 Å². The molecule has 0 aliphatic heterocycles. The summed E-state index contributed by atoms with van der Waals surface area (Å²) in [5.41, 5.74) is 0.495. The number of rotatable bonds is 6. The maximum Gasteiger partial charge on any atom is 0.417 e. The zero-order chi connectivity index (χ0) is 23.8. The first-order chi connectivity index (χ1) is 15.7. The van der Waals surface area contributed by atoms with Crippen LogP contribution in [0, 0.1) is 0 Å². The minimum Gasteiger partial charge on any atom is -0.480 e. The normalized spacial score (nSPS) is 16.8. The third-order valence-electron chi connectivity index (χ3n) is 5.62. The first kappa shape index (κ1) is 23.0. The highest BCUT2D eigenvalue weighted by molar-refractivity contribution is 7.80. The van der Waals surface area contributed by atoms with Gasteiger partial charge in [-0.2, -0.15) is 18.3 Å². The Balaban J connectivity index is 1.80. The van der Waals surface area contributed by atoms with Crippen LogP contribution in [0.5, 0.6) is 0 Å². The molecule has 0 bridgehead atoms.